The predicted octanol–water partition coefficient (Wildman–Crippen LogP) is 3.89. The van der Waals surface area contributed by atoms with Gasteiger partial charge in [0.2, 0.25) is 0 Å². The SMILES string of the molecule is C=C(C)COCCC[SiH](O[Si](C)(C)C)O[Si](C)(C)C. The molecule has 0 aliphatic heterocycles. The molecule has 6 heteroatoms. The third-order valence-electron chi connectivity index (χ3n) is 2.05. The number of ether oxygens (including phenoxy) is 1. The van der Waals surface area contributed by atoms with Crippen LogP contribution in [0.5, 0.6) is 0 Å². The molecular formula is C13H32O3Si3. The lowest BCUT2D eigenvalue weighted by molar-refractivity contribution is 0.155. The molecule has 114 valence electrons. The Morgan fingerprint density at radius 2 is 1.47 bits per heavy atom. The van der Waals surface area contributed by atoms with E-state index in [4.69, 9.17) is 13.0 Å². The summed E-state index contributed by atoms with van der Waals surface area (Å²) in [6.45, 7) is 20.7. The molecule has 0 aliphatic carbocycles. The minimum absolute atomic E-state index is 0.663. The molecule has 0 spiro atoms. The van der Waals surface area contributed by atoms with Gasteiger partial charge in [-0.2, -0.15) is 0 Å². The van der Waals surface area contributed by atoms with Gasteiger partial charge < -0.3 is 13.0 Å². The first kappa shape index (κ1) is 19.3. The Morgan fingerprint density at radius 3 is 1.84 bits per heavy atom. The molecule has 0 radical (unpaired) electrons. The highest BCUT2D eigenvalue weighted by molar-refractivity contribution is 6.81. The smallest absolute Gasteiger partial charge is 0.300 e. The second-order valence-corrected chi connectivity index (χ2v) is 18.8. The highest BCUT2D eigenvalue weighted by Gasteiger charge is 2.28. The lowest BCUT2D eigenvalue weighted by Gasteiger charge is -2.30. The first-order valence-corrected chi connectivity index (χ1v) is 15.6. The third-order valence-corrected chi connectivity index (χ3v) is 10.7. The summed E-state index contributed by atoms with van der Waals surface area (Å²) >= 11 is 0. The van der Waals surface area contributed by atoms with Gasteiger partial charge in [-0.3, -0.25) is 0 Å². The van der Waals surface area contributed by atoms with Crippen LogP contribution in [0.2, 0.25) is 45.3 Å². The zero-order chi connectivity index (χ0) is 15.1. The molecule has 0 aromatic rings. The topological polar surface area (TPSA) is 27.7 Å². The molecule has 19 heavy (non-hydrogen) atoms. The van der Waals surface area contributed by atoms with Gasteiger partial charge in [-0.05, 0) is 58.7 Å². The summed E-state index contributed by atoms with van der Waals surface area (Å²) in [5.41, 5.74) is 1.07. The van der Waals surface area contributed by atoms with Crippen LogP contribution in [-0.4, -0.2) is 39.1 Å². The highest BCUT2D eigenvalue weighted by atomic mass is 28.4. The molecule has 0 aromatic carbocycles. The van der Waals surface area contributed by atoms with Crippen LogP contribution in [0.15, 0.2) is 12.2 Å². The maximum atomic E-state index is 6.26. The van der Waals surface area contributed by atoms with Crippen molar-refractivity contribution < 1.29 is 13.0 Å². The van der Waals surface area contributed by atoms with Gasteiger partial charge >= 0.3 is 9.28 Å². The van der Waals surface area contributed by atoms with Crippen LogP contribution in [-0.2, 0) is 13.0 Å². The molecule has 0 amide bonds. The van der Waals surface area contributed by atoms with Crippen LogP contribution in [0.1, 0.15) is 13.3 Å². The quantitative estimate of drug-likeness (QED) is 0.347. The first-order chi connectivity index (χ1) is 8.49. The number of hydrogen-bond donors (Lipinski definition) is 0. The summed E-state index contributed by atoms with van der Waals surface area (Å²) < 4.78 is 18.1. The van der Waals surface area contributed by atoms with Gasteiger partial charge in [0, 0.05) is 6.61 Å². The normalized spacial score (nSPS) is 13.1. The number of rotatable bonds is 10. The van der Waals surface area contributed by atoms with Crippen molar-refractivity contribution in [3.05, 3.63) is 12.2 Å². The maximum absolute atomic E-state index is 6.26. The fraction of sp³-hybridized carbons (Fsp3) is 0.846. The van der Waals surface area contributed by atoms with Gasteiger partial charge in [-0.25, -0.2) is 0 Å². The van der Waals surface area contributed by atoms with Crippen LogP contribution in [0.3, 0.4) is 0 Å². The summed E-state index contributed by atoms with van der Waals surface area (Å²) in [7, 11) is -4.53. The van der Waals surface area contributed by atoms with E-state index in [0.717, 1.165) is 24.6 Å². The molecule has 0 rings (SSSR count). The largest absolute Gasteiger partial charge is 0.439 e. The minimum atomic E-state index is -1.53. The molecule has 0 saturated heterocycles. The molecule has 0 atom stereocenters. The van der Waals surface area contributed by atoms with Gasteiger partial charge in [0.15, 0.2) is 16.6 Å². The zero-order valence-corrected chi connectivity index (χ0v) is 17.0. The van der Waals surface area contributed by atoms with Crippen LogP contribution in [0, 0.1) is 0 Å². The van der Waals surface area contributed by atoms with Crippen LogP contribution >= 0.6 is 0 Å². The van der Waals surface area contributed by atoms with E-state index in [0.29, 0.717) is 6.61 Å². The average Bonchev–Trinajstić information content (AvgIpc) is 2.10. The van der Waals surface area contributed by atoms with Crippen LogP contribution in [0.25, 0.3) is 0 Å². The van der Waals surface area contributed by atoms with Crippen molar-refractivity contribution in [1.82, 2.24) is 0 Å². The standard InChI is InChI=1S/C13H32O3Si3/c1-13(2)12-14-10-9-11-17(15-18(3,4)5)16-19(6,7)8/h17H,1,9-12H2,2-8H3. The molecule has 0 saturated carbocycles. The average molecular weight is 321 g/mol. The maximum Gasteiger partial charge on any atom is 0.300 e. The Hall–Kier alpha value is 0.271. The molecule has 0 aromatic heterocycles. The van der Waals surface area contributed by atoms with Crippen molar-refractivity contribution in [2.24, 2.45) is 0 Å². The molecule has 0 N–H and O–H groups in total. The number of hydrogen-bond acceptors (Lipinski definition) is 3. The van der Waals surface area contributed by atoms with Crippen LogP contribution < -0.4 is 0 Å². The molecule has 0 bridgehead atoms. The molecule has 0 heterocycles. The van der Waals surface area contributed by atoms with E-state index < -0.39 is 25.9 Å². The second-order valence-electron chi connectivity index (χ2n) is 7.04. The zero-order valence-electron chi connectivity index (χ0n) is 13.8. The summed E-state index contributed by atoms with van der Waals surface area (Å²) in [6, 6.07) is 1.05. The van der Waals surface area contributed by atoms with Gasteiger partial charge in [-0.1, -0.05) is 12.2 Å². The van der Waals surface area contributed by atoms with Gasteiger partial charge in [0.25, 0.3) is 0 Å². The van der Waals surface area contributed by atoms with E-state index in [1.165, 1.54) is 0 Å². The van der Waals surface area contributed by atoms with Gasteiger partial charge in [0.05, 0.1) is 6.61 Å². The Balaban J connectivity index is 4.09. The van der Waals surface area contributed by atoms with Gasteiger partial charge in [0.1, 0.15) is 0 Å². The van der Waals surface area contributed by atoms with Gasteiger partial charge in [-0.15, -0.1) is 0 Å². The Kier molecular flexibility index (Phi) is 8.66. The van der Waals surface area contributed by atoms with E-state index in [9.17, 15) is 0 Å². The molecule has 0 unspecified atom stereocenters. The van der Waals surface area contributed by atoms with E-state index in [2.05, 4.69) is 45.9 Å². The van der Waals surface area contributed by atoms with Crippen molar-refractivity contribution in [3.8, 4) is 0 Å². The van der Waals surface area contributed by atoms with Crippen molar-refractivity contribution in [2.45, 2.75) is 58.7 Å². The van der Waals surface area contributed by atoms with Crippen molar-refractivity contribution in [2.75, 3.05) is 13.2 Å². The lowest BCUT2D eigenvalue weighted by atomic mass is 10.4. The molecule has 0 aliphatic rings. The monoisotopic (exact) mass is 320 g/mol. The first-order valence-electron chi connectivity index (χ1n) is 7.07. The van der Waals surface area contributed by atoms with Crippen molar-refractivity contribution in [1.29, 1.82) is 0 Å². The predicted molar refractivity (Wildman–Crippen MR) is 91.1 cm³/mol. The summed E-state index contributed by atoms with van der Waals surface area (Å²) in [6.07, 6.45) is 1.03. The summed E-state index contributed by atoms with van der Waals surface area (Å²) in [4.78, 5) is 0. The van der Waals surface area contributed by atoms with E-state index in [1.54, 1.807) is 0 Å². The highest BCUT2D eigenvalue weighted by Crippen LogP contribution is 2.15. The Morgan fingerprint density at radius 1 is 1.00 bits per heavy atom. The Bertz CT molecular complexity index is 253. The van der Waals surface area contributed by atoms with Crippen LogP contribution in [0.4, 0.5) is 0 Å². The van der Waals surface area contributed by atoms with E-state index in [-0.39, 0.29) is 0 Å². The summed E-state index contributed by atoms with van der Waals surface area (Å²) in [5, 5.41) is 0. The lowest BCUT2D eigenvalue weighted by Crippen LogP contribution is -2.43. The molecular weight excluding hydrogens is 288 g/mol. The molecule has 0 fully saturated rings. The van der Waals surface area contributed by atoms with Crippen molar-refractivity contribution >= 4 is 25.9 Å². The summed E-state index contributed by atoms with van der Waals surface area (Å²) in [5.74, 6) is 0. The third kappa shape index (κ3) is 14.5. The second kappa shape index (κ2) is 8.53. The van der Waals surface area contributed by atoms with E-state index in [1.807, 2.05) is 6.92 Å². The fourth-order valence-electron chi connectivity index (χ4n) is 1.53. The minimum Gasteiger partial charge on any atom is -0.439 e. The van der Waals surface area contributed by atoms with E-state index >= 15 is 0 Å². The fourth-order valence-corrected chi connectivity index (χ4v) is 9.91. The Labute approximate surface area is 123 Å². The molecule has 3 nitrogen and oxygen atoms in total. The van der Waals surface area contributed by atoms with Crippen molar-refractivity contribution in [3.63, 3.8) is 0 Å².